The predicted octanol–water partition coefficient (Wildman–Crippen LogP) is 10.8. The molecule has 0 aliphatic rings. The quantitative estimate of drug-likeness (QED) is 0.201. The van der Waals surface area contributed by atoms with Gasteiger partial charge in [0.25, 0.3) is 0 Å². The first-order chi connectivity index (χ1) is 21.8. The Balaban J connectivity index is 1.54. The van der Waals surface area contributed by atoms with Crippen molar-refractivity contribution in [1.29, 1.82) is 0 Å². The van der Waals surface area contributed by atoms with Gasteiger partial charge < -0.3 is 8.83 Å². The molecule has 4 heteroatoms. The number of fused-ring (bicyclic) bond motifs is 1. The lowest BCUT2D eigenvalue weighted by Crippen LogP contribution is -1.97. The zero-order valence-corrected chi connectivity index (χ0v) is 23.7. The van der Waals surface area contributed by atoms with Crippen molar-refractivity contribution in [2.45, 2.75) is 0 Å². The molecule has 8 rings (SSSR count). The van der Waals surface area contributed by atoms with Gasteiger partial charge in [-0.3, -0.25) is 0 Å². The summed E-state index contributed by atoms with van der Waals surface area (Å²) >= 11 is 0. The highest BCUT2D eigenvalue weighted by Crippen LogP contribution is 2.51. The van der Waals surface area contributed by atoms with Crippen LogP contribution in [0.25, 0.3) is 77.8 Å². The van der Waals surface area contributed by atoms with E-state index < -0.39 is 0 Å². The molecule has 2 aromatic heterocycles. The van der Waals surface area contributed by atoms with Crippen molar-refractivity contribution in [2.75, 3.05) is 0 Å². The van der Waals surface area contributed by atoms with E-state index >= 15 is 0 Å². The van der Waals surface area contributed by atoms with E-state index in [1.807, 2.05) is 0 Å². The summed E-state index contributed by atoms with van der Waals surface area (Å²) in [4.78, 5) is 8.87. The van der Waals surface area contributed by atoms with E-state index in [9.17, 15) is 0 Å². The molecule has 0 bridgehead atoms. The predicted molar refractivity (Wildman–Crippen MR) is 177 cm³/mol. The topological polar surface area (TPSA) is 52.1 Å². The van der Waals surface area contributed by atoms with Crippen LogP contribution in [0.4, 0.5) is 0 Å². The van der Waals surface area contributed by atoms with E-state index in [1.54, 1.807) is 12.5 Å². The molecule has 208 valence electrons. The summed E-state index contributed by atoms with van der Waals surface area (Å²) in [5, 5.41) is 2.34. The van der Waals surface area contributed by atoms with E-state index in [1.165, 1.54) is 45.8 Å². The van der Waals surface area contributed by atoms with Gasteiger partial charge in [0.2, 0.25) is 0 Å². The molecule has 6 aromatic carbocycles. The van der Waals surface area contributed by atoms with Crippen LogP contribution < -0.4 is 0 Å². The molecule has 0 atom stereocenters. The Kier molecular flexibility index (Phi) is 6.43. The van der Waals surface area contributed by atoms with Crippen LogP contribution in [0.5, 0.6) is 0 Å². The van der Waals surface area contributed by atoms with Crippen LogP contribution in [-0.2, 0) is 0 Å². The summed E-state index contributed by atoms with van der Waals surface area (Å²) in [6.45, 7) is 0. The summed E-state index contributed by atoms with van der Waals surface area (Å²) in [5.41, 5.74) is 12.8. The first-order valence-corrected chi connectivity index (χ1v) is 14.5. The third-order valence-electron chi connectivity index (χ3n) is 8.10. The molecule has 0 unspecified atom stereocenters. The first-order valence-electron chi connectivity index (χ1n) is 14.5. The number of hydrogen-bond donors (Lipinski definition) is 0. The SMILES string of the molecule is c1ccc(-c2c(-c3ccccc3)c(-c3cccc(-c4cocn4)c3)c3ccccc3c2-c2cccc(-c3cocn3)c2)cc1. The minimum absolute atomic E-state index is 0.807. The van der Waals surface area contributed by atoms with Crippen molar-refractivity contribution in [3.05, 3.63) is 159 Å². The minimum atomic E-state index is 0.807. The van der Waals surface area contributed by atoms with Gasteiger partial charge in [-0.25, -0.2) is 9.97 Å². The van der Waals surface area contributed by atoms with E-state index in [0.29, 0.717) is 0 Å². The van der Waals surface area contributed by atoms with Gasteiger partial charge in [0.1, 0.15) is 23.9 Å². The smallest absolute Gasteiger partial charge is 0.181 e. The number of benzene rings is 6. The van der Waals surface area contributed by atoms with Crippen molar-refractivity contribution in [3.8, 4) is 67.0 Å². The average molecular weight is 567 g/mol. The summed E-state index contributed by atoms with van der Waals surface area (Å²) < 4.78 is 10.7. The maximum absolute atomic E-state index is 5.33. The lowest BCUT2D eigenvalue weighted by molar-refractivity contribution is 0.558. The number of oxazole rings is 2. The fourth-order valence-corrected chi connectivity index (χ4v) is 6.20. The summed E-state index contributed by atoms with van der Waals surface area (Å²) in [6.07, 6.45) is 6.33. The van der Waals surface area contributed by atoms with Crippen molar-refractivity contribution in [1.82, 2.24) is 9.97 Å². The summed E-state index contributed by atoms with van der Waals surface area (Å²) in [6, 6.07) is 47.3. The first kappa shape index (κ1) is 25.7. The standard InChI is InChI=1S/C40H26N2O2/c1-3-11-27(12-4-1)39-37(31-17-9-15-29(21-31)35-23-43-25-41-35)33-19-7-8-20-34(33)38(40(39)28-13-5-2-6-14-28)32-18-10-16-30(22-32)36-24-44-26-42-36/h1-26H. The highest BCUT2D eigenvalue weighted by atomic mass is 16.3. The highest BCUT2D eigenvalue weighted by molar-refractivity contribution is 6.18. The lowest BCUT2D eigenvalue weighted by atomic mass is 9.78. The van der Waals surface area contributed by atoms with E-state index in [4.69, 9.17) is 8.83 Å². The van der Waals surface area contributed by atoms with Gasteiger partial charge in [-0.15, -0.1) is 0 Å². The Morgan fingerprint density at radius 3 is 1.14 bits per heavy atom. The van der Waals surface area contributed by atoms with Gasteiger partial charge in [-0.1, -0.05) is 121 Å². The molecular weight excluding hydrogens is 540 g/mol. The van der Waals surface area contributed by atoms with Crippen molar-refractivity contribution in [3.63, 3.8) is 0 Å². The summed E-state index contributed by atoms with van der Waals surface area (Å²) in [5.74, 6) is 0. The van der Waals surface area contributed by atoms with Crippen LogP contribution >= 0.6 is 0 Å². The molecular formula is C40H26N2O2. The zero-order valence-electron chi connectivity index (χ0n) is 23.7. The van der Waals surface area contributed by atoms with Gasteiger partial charge in [-0.05, 0) is 67.4 Å². The van der Waals surface area contributed by atoms with Crippen LogP contribution in [0.15, 0.2) is 168 Å². The Bertz CT molecular complexity index is 2040. The fraction of sp³-hybridized carbons (Fsp3) is 0. The van der Waals surface area contributed by atoms with Crippen LogP contribution in [-0.4, -0.2) is 9.97 Å². The highest BCUT2D eigenvalue weighted by Gasteiger charge is 2.24. The van der Waals surface area contributed by atoms with Gasteiger partial charge in [0, 0.05) is 11.1 Å². The number of aromatic nitrogens is 2. The van der Waals surface area contributed by atoms with Gasteiger partial charge in [0.15, 0.2) is 12.8 Å². The molecule has 0 aliphatic carbocycles. The van der Waals surface area contributed by atoms with Gasteiger partial charge >= 0.3 is 0 Å². The molecule has 2 heterocycles. The maximum atomic E-state index is 5.33. The Hall–Kier alpha value is -6.00. The second-order valence-corrected chi connectivity index (χ2v) is 10.7. The molecule has 44 heavy (non-hydrogen) atoms. The van der Waals surface area contributed by atoms with Crippen LogP contribution in [0.3, 0.4) is 0 Å². The maximum Gasteiger partial charge on any atom is 0.181 e. The van der Waals surface area contributed by atoms with Crippen molar-refractivity contribution < 1.29 is 8.83 Å². The summed E-state index contributed by atoms with van der Waals surface area (Å²) in [7, 11) is 0. The largest absolute Gasteiger partial charge is 0.451 e. The number of rotatable bonds is 6. The number of nitrogens with zero attached hydrogens (tertiary/aromatic N) is 2. The third kappa shape index (κ3) is 4.50. The molecule has 8 aromatic rings. The van der Waals surface area contributed by atoms with Gasteiger partial charge in [-0.2, -0.15) is 0 Å². The van der Waals surface area contributed by atoms with Crippen LogP contribution in [0.2, 0.25) is 0 Å². The molecule has 0 saturated heterocycles. The molecule has 0 spiro atoms. The fourth-order valence-electron chi connectivity index (χ4n) is 6.20. The zero-order chi connectivity index (χ0) is 29.3. The second-order valence-electron chi connectivity index (χ2n) is 10.7. The molecule has 0 radical (unpaired) electrons. The molecule has 0 aliphatic heterocycles. The monoisotopic (exact) mass is 566 g/mol. The van der Waals surface area contributed by atoms with E-state index in [-0.39, 0.29) is 0 Å². The van der Waals surface area contributed by atoms with Crippen LogP contribution in [0.1, 0.15) is 0 Å². The third-order valence-corrected chi connectivity index (χ3v) is 8.10. The molecule has 4 nitrogen and oxygen atoms in total. The van der Waals surface area contributed by atoms with E-state index in [0.717, 1.165) is 44.8 Å². The Morgan fingerprint density at radius 1 is 0.341 bits per heavy atom. The molecule has 0 N–H and O–H groups in total. The van der Waals surface area contributed by atoms with Crippen LogP contribution in [0, 0.1) is 0 Å². The molecule has 0 saturated carbocycles. The molecule has 0 fully saturated rings. The minimum Gasteiger partial charge on any atom is -0.451 e. The molecule has 0 amide bonds. The van der Waals surface area contributed by atoms with Gasteiger partial charge in [0.05, 0.1) is 0 Å². The second kappa shape index (κ2) is 11.0. The number of hydrogen-bond acceptors (Lipinski definition) is 4. The lowest BCUT2D eigenvalue weighted by Gasteiger charge is -2.24. The Morgan fingerprint density at radius 2 is 0.727 bits per heavy atom. The Labute approximate surface area is 254 Å². The van der Waals surface area contributed by atoms with E-state index in [2.05, 4.69) is 143 Å². The normalized spacial score (nSPS) is 11.2. The van der Waals surface area contributed by atoms with Crippen molar-refractivity contribution in [2.24, 2.45) is 0 Å². The average Bonchev–Trinajstić information content (AvgIpc) is 3.84. The van der Waals surface area contributed by atoms with Crippen molar-refractivity contribution >= 4 is 10.8 Å².